The van der Waals surface area contributed by atoms with Gasteiger partial charge >= 0.3 is 0 Å². The van der Waals surface area contributed by atoms with Gasteiger partial charge in [-0.3, -0.25) is 4.79 Å². The summed E-state index contributed by atoms with van der Waals surface area (Å²) in [6.07, 6.45) is 4.40. The molecule has 0 aromatic carbocycles. The van der Waals surface area contributed by atoms with E-state index in [1.54, 1.807) is 0 Å². The highest BCUT2D eigenvalue weighted by Crippen LogP contribution is 2.09. The van der Waals surface area contributed by atoms with E-state index in [1.165, 1.54) is 0 Å². The third-order valence-electron chi connectivity index (χ3n) is 3.05. The zero-order valence-corrected chi connectivity index (χ0v) is 11.7. The normalized spacial score (nSPS) is 19.9. The van der Waals surface area contributed by atoms with Crippen molar-refractivity contribution in [3.05, 3.63) is 0 Å². The summed E-state index contributed by atoms with van der Waals surface area (Å²) in [7, 11) is 1.95. The van der Waals surface area contributed by atoms with Crippen molar-refractivity contribution in [2.45, 2.75) is 38.6 Å². The fraction of sp³-hybridized carbons (Fsp3) is 0.917. The molecule has 1 rings (SSSR count). The van der Waals surface area contributed by atoms with Crippen LogP contribution in [0.1, 0.15) is 32.6 Å². The number of halogens is 1. The first-order chi connectivity index (χ1) is 7.77. The minimum absolute atomic E-state index is 0. The lowest BCUT2D eigenvalue weighted by Crippen LogP contribution is -2.48. The smallest absolute Gasteiger partial charge is 0.248 e. The minimum atomic E-state index is 0. The fourth-order valence-electron chi connectivity index (χ4n) is 1.94. The first-order valence-electron chi connectivity index (χ1n) is 6.30. The average Bonchev–Trinajstić information content (AvgIpc) is 2.34. The number of rotatable bonds is 6. The number of nitrogens with zero attached hydrogens (tertiary/aromatic N) is 1. The fourth-order valence-corrected chi connectivity index (χ4v) is 1.94. The van der Waals surface area contributed by atoms with E-state index >= 15 is 0 Å². The number of carbonyl (C=O) groups excluding carboxylic acids is 1. The second kappa shape index (κ2) is 9.68. The Labute approximate surface area is 110 Å². The predicted octanol–water partition coefficient (Wildman–Crippen LogP) is 1.44. The summed E-state index contributed by atoms with van der Waals surface area (Å²) in [5, 5.41) is 3.23. The number of likely N-dealkylation sites (N-methyl/N-ethyl adjacent to an activating group) is 1. The molecule has 1 fully saturated rings. The topological polar surface area (TPSA) is 41.6 Å². The molecular weight excluding hydrogens is 240 g/mol. The van der Waals surface area contributed by atoms with Crippen LogP contribution in [0.25, 0.3) is 0 Å². The van der Waals surface area contributed by atoms with E-state index in [1.807, 2.05) is 11.9 Å². The van der Waals surface area contributed by atoms with Gasteiger partial charge in [0.15, 0.2) is 0 Å². The molecule has 1 amide bonds. The third-order valence-corrected chi connectivity index (χ3v) is 3.05. The summed E-state index contributed by atoms with van der Waals surface area (Å²) in [5.41, 5.74) is 0. The molecule has 1 unspecified atom stereocenters. The predicted molar refractivity (Wildman–Crippen MR) is 71.6 cm³/mol. The molecule has 0 radical (unpaired) electrons. The van der Waals surface area contributed by atoms with Crippen LogP contribution in [0.4, 0.5) is 0 Å². The second-order valence-electron chi connectivity index (χ2n) is 4.37. The number of unbranched alkanes of at least 4 members (excludes halogenated alkanes) is 1. The number of hydrogen-bond donors (Lipinski definition) is 1. The van der Waals surface area contributed by atoms with Gasteiger partial charge in [-0.05, 0) is 26.3 Å². The van der Waals surface area contributed by atoms with Gasteiger partial charge in [-0.15, -0.1) is 12.4 Å². The Morgan fingerprint density at radius 3 is 2.94 bits per heavy atom. The molecule has 4 nitrogen and oxygen atoms in total. The zero-order valence-electron chi connectivity index (χ0n) is 10.9. The summed E-state index contributed by atoms with van der Waals surface area (Å²) < 4.78 is 5.35. The molecule has 1 atom stereocenters. The molecule has 1 aliphatic heterocycles. The molecule has 1 saturated heterocycles. The number of hydrogen-bond acceptors (Lipinski definition) is 3. The Balaban J connectivity index is 0.00000256. The van der Waals surface area contributed by atoms with Crippen molar-refractivity contribution in [1.29, 1.82) is 0 Å². The summed E-state index contributed by atoms with van der Waals surface area (Å²) in [6, 6.07) is 0.452. The van der Waals surface area contributed by atoms with Gasteiger partial charge in [0, 0.05) is 25.7 Å². The molecule has 0 aromatic heterocycles. The van der Waals surface area contributed by atoms with Crippen LogP contribution in [-0.4, -0.2) is 50.2 Å². The summed E-state index contributed by atoms with van der Waals surface area (Å²) >= 11 is 0. The van der Waals surface area contributed by atoms with Gasteiger partial charge in [-0.25, -0.2) is 0 Å². The quantitative estimate of drug-likeness (QED) is 0.738. The maximum absolute atomic E-state index is 11.8. The van der Waals surface area contributed by atoms with Crippen molar-refractivity contribution >= 4 is 18.3 Å². The molecule has 1 heterocycles. The Morgan fingerprint density at radius 1 is 1.53 bits per heavy atom. The summed E-state index contributed by atoms with van der Waals surface area (Å²) in [4.78, 5) is 13.7. The Kier molecular flexibility index (Phi) is 9.50. The van der Waals surface area contributed by atoms with E-state index in [-0.39, 0.29) is 24.9 Å². The largest absolute Gasteiger partial charge is 0.372 e. The highest BCUT2D eigenvalue weighted by molar-refractivity contribution is 5.85. The van der Waals surface area contributed by atoms with Crippen LogP contribution in [0.3, 0.4) is 0 Å². The van der Waals surface area contributed by atoms with Crippen molar-refractivity contribution in [3.63, 3.8) is 0 Å². The molecule has 0 saturated carbocycles. The van der Waals surface area contributed by atoms with Gasteiger partial charge < -0.3 is 15.0 Å². The molecule has 0 bridgehead atoms. The lowest BCUT2D eigenvalue weighted by atomic mass is 10.1. The molecule has 102 valence electrons. The van der Waals surface area contributed by atoms with E-state index in [2.05, 4.69) is 12.2 Å². The number of nitrogens with one attached hydrogen (secondary N) is 1. The highest BCUT2D eigenvalue weighted by atomic mass is 35.5. The molecule has 1 aliphatic rings. The number of likely N-dealkylation sites (tertiary alicyclic amines) is 1. The number of amides is 1. The molecule has 0 spiro atoms. The van der Waals surface area contributed by atoms with Crippen LogP contribution in [0.15, 0.2) is 0 Å². The van der Waals surface area contributed by atoms with Crippen molar-refractivity contribution in [2.75, 3.05) is 33.4 Å². The summed E-state index contributed by atoms with van der Waals surface area (Å²) in [6.45, 7) is 4.77. The SMILES string of the molecule is CCCCOCC(=O)N1CCCC(NC)C1.Cl. The van der Waals surface area contributed by atoms with Crippen LogP contribution in [0, 0.1) is 0 Å². The van der Waals surface area contributed by atoms with E-state index in [4.69, 9.17) is 4.74 Å². The first-order valence-corrected chi connectivity index (χ1v) is 6.30. The van der Waals surface area contributed by atoms with Crippen molar-refractivity contribution in [3.8, 4) is 0 Å². The summed E-state index contributed by atoms with van der Waals surface area (Å²) in [5.74, 6) is 0.135. The van der Waals surface area contributed by atoms with Crippen LogP contribution in [-0.2, 0) is 9.53 Å². The monoisotopic (exact) mass is 264 g/mol. The second-order valence-corrected chi connectivity index (χ2v) is 4.37. The molecule has 5 heteroatoms. The van der Waals surface area contributed by atoms with Gasteiger partial charge in [0.1, 0.15) is 6.61 Å². The van der Waals surface area contributed by atoms with Gasteiger partial charge in [0.05, 0.1) is 0 Å². The Hall–Kier alpha value is -0.320. The molecule has 0 aliphatic carbocycles. The third kappa shape index (κ3) is 6.24. The maximum atomic E-state index is 11.8. The lowest BCUT2D eigenvalue weighted by molar-refractivity contribution is -0.137. The van der Waals surface area contributed by atoms with Crippen LogP contribution < -0.4 is 5.32 Å². The van der Waals surface area contributed by atoms with Gasteiger partial charge in [-0.2, -0.15) is 0 Å². The Morgan fingerprint density at radius 2 is 2.29 bits per heavy atom. The van der Waals surface area contributed by atoms with E-state index in [0.717, 1.165) is 38.8 Å². The number of carbonyl (C=O) groups is 1. The van der Waals surface area contributed by atoms with Crippen molar-refractivity contribution in [1.82, 2.24) is 10.2 Å². The molecule has 17 heavy (non-hydrogen) atoms. The van der Waals surface area contributed by atoms with Crippen LogP contribution in [0.5, 0.6) is 0 Å². The molecule has 0 aromatic rings. The molecular formula is C12H25ClN2O2. The van der Waals surface area contributed by atoms with Gasteiger partial charge in [0.25, 0.3) is 0 Å². The number of piperidine rings is 1. The van der Waals surface area contributed by atoms with Gasteiger partial charge in [0.2, 0.25) is 5.91 Å². The van der Waals surface area contributed by atoms with E-state index in [9.17, 15) is 4.79 Å². The standard InChI is InChI=1S/C12H24N2O2.ClH/c1-3-4-8-16-10-12(15)14-7-5-6-11(9-14)13-2;/h11,13H,3-10H2,1-2H3;1H. The highest BCUT2D eigenvalue weighted by Gasteiger charge is 2.22. The Bertz CT molecular complexity index is 215. The zero-order chi connectivity index (χ0) is 11.8. The molecule has 1 N–H and O–H groups in total. The van der Waals surface area contributed by atoms with Crippen LogP contribution >= 0.6 is 12.4 Å². The minimum Gasteiger partial charge on any atom is -0.372 e. The maximum Gasteiger partial charge on any atom is 0.248 e. The number of ether oxygens (including phenoxy) is 1. The van der Waals surface area contributed by atoms with Crippen LogP contribution in [0.2, 0.25) is 0 Å². The lowest BCUT2D eigenvalue weighted by Gasteiger charge is -2.32. The van der Waals surface area contributed by atoms with Gasteiger partial charge in [-0.1, -0.05) is 13.3 Å². The van der Waals surface area contributed by atoms with E-state index in [0.29, 0.717) is 12.6 Å². The van der Waals surface area contributed by atoms with E-state index < -0.39 is 0 Å². The van der Waals surface area contributed by atoms with Crippen molar-refractivity contribution in [2.24, 2.45) is 0 Å². The van der Waals surface area contributed by atoms with Crippen molar-refractivity contribution < 1.29 is 9.53 Å². The first kappa shape index (κ1) is 16.7. The average molecular weight is 265 g/mol.